The summed E-state index contributed by atoms with van der Waals surface area (Å²) >= 11 is 1.38. The summed E-state index contributed by atoms with van der Waals surface area (Å²) in [7, 11) is 0. The quantitative estimate of drug-likeness (QED) is 0.529. The van der Waals surface area contributed by atoms with Gasteiger partial charge in [-0.05, 0) is 68.4 Å². The van der Waals surface area contributed by atoms with Crippen LogP contribution in [0.1, 0.15) is 22.8 Å². The Kier molecular flexibility index (Phi) is 6.67. The van der Waals surface area contributed by atoms with Gasteiger partial charge in [-0.1, -0.05) is 23.8 Å². The minimum absolute atomic E-state index is 0.182. The maximum Gasteiger partial charge on any atom is 0.255 e. The van der Waals surface area contributed by atoms with Crippen LogP contribution in [0.15, 0.2) is 77.7 Å². The summed E-state index contributed by atoms with van der Waals surface area (Å²) in [5.74, 6) is -0.719. The summed E-state index contributed by atoms with van der Waals surface area (Å²) in [6, 6.07) is 20.4. The summed E-state index contributed by atoms with van der Waals surface area (Å²) < 4.78 is 13.0. The topological polar surface area (TPSA) is 58.2 Å². The van der Waals surface area contributed by atoms with E-state index in [1.807, 2.05) is 43.3 Å². The van der Waals surface area contributed by atoms with Crippen molar-refractivity contribution < 1.29 is 14.0 Å². The molecule has 29 heavy (non-hydrogen) atoms. The van der Waals surface area contributed by atoms with Crippen LogP contribution in [-0.2, 0) is 4.79 Å². The van der Waals surface area contributed by atoms with Crippen LogP contribution in [0.4, 0.5) is 15.8 Å². The van der Waals surface area contributed by atoms with Gasteiger partial charge in [-0.25, -0.2) is 4.39 Å². The number of rotatable bonds is 6. The largest absolute Gasteiger partial charge is 0.325 e. The predicted octanol–water partition coefficient (Wildman–Crippen LogP) is 5.51. The van der Waals surface area contributed by atoms with Crippen molar-refractivity contribution in [3.05, 3.63) is 89.7 Å². The van der Waals surface area contributed by atoms with Crippen LogP contribution in [0, 0.1) is 12.7 Å². The molecule has 2 N–H and O–H groups in total. The monoisotopic (exact) mass is 408 g/mol. The molecule has 0 aliphatic rings. The Labute approximate surface area is 173 Å². The van der Waals surface area contributed by atoms with Gasteiger partial charge in [-0.3, -0.25) is 9.59 Å². The second kappa shape index (κ2) is 9.39. The van der Waals surface area contributed by atoms with Crippen LogP contribution in [0.25, 0.3) is 0 Å². The Morgan fingerprint density at radius 1 is 0.897 bits per heavy atom. The molecule has 0 aromatic heterocycles. The van der Waals surface area contributed by atoms with E-state index >= 15 is 0 Å². The van der Waals surface area contributed by atoms with E-state index in [0.717, 1.165) is 10.5 Å². The van der Waals surface area contributed by atoms with Crippen molar-refractivity contribution in [2.45, 2.75) is 24.0 Å². The number of carbonyl (C=O) groups excluding carboxylic acids is 2. The third kappa shape index (κ3) is 5.93. The van der Waals surface area contributed by atoms with Crippen molar-refractivity contribution in [3.63, 3.8) is 0 Å². The van der Waals surface area contributed by atoms with E-state index in [9.17, 15) is 14.0 Å². The smallest absolute Gasteiger partial charge is 0.255 e. The maximum absolute atomic E-state index is 13.0. The highest BCUT2D eigenvalue weighted by atomic mass is 32.2. The molecule has 0 aliphatic carbocycles. The highest BCUT2D eigenvalue weighted by Gasteiger charge is 2.15. The van der Waals surface area contributed by atoms with Crippen LogP contribution < -0.4 is 10.6 Å². The molecule has 3 rings (SSSR count). The molecule has 4 nitrogen and oxygen atoms in total. The molecular formula is C23H21FN2O2S. The molecule has 0 saturated carbocycles. The second-order valence-electron chi connectivity index (χ2n) is 6.61. The van der Waals surface area contributed by atoms with Crippen LogP contribution >= 0.6 is 11.8 Å². The van der Waals surface area contributed by atoms with E-state index in [1.54, 1.807) is 19.1 Å². The molecule has 1 unspecified atom stereocenters. The first-order valence-electron chi connectivity index (χ1n) is 9.12. The van der Waals surface area contributed by atoms with Crippen LogP contribution in [0.2, 0.25) is 0 Å². The van der Waals surface area contributed by atoms with Crippen molar-refractivity contribution in [3.8, 4) is 0 Å². The number of nitrogens with one attached hydrogen (secondary N) is 2. The lowest BCUT2D eigenvalue weighted by molar-refractivity contribution is -0.115. The van der Waals surface area contributed by atoms with E-state index < -0.39 is 0 Å². The summed E-state index contributed by atoms with van der Waals surface area (Å²) in [6.45, 7) is 3.73. The molecule has 6 heteroatoms. The second-order valence-corrected chi connectivity index (χ2v) is 8.02. The van der Waals surface area contributed by atoms with E-state index in [4.69, 9.17) is 0 Å². The molecule has 2 amide bonds. The molecule has 0 spiro atoms. The number of anilines is 2. The Morgan fingerprint density at radius 2 is 1.62 bits per heavy atom. The van der Waals surface area contributed by atoms with Crippen LogP contribution in [0.3, 0.4) is 0 Å². The Morgan fingerprint density at radius 3 is 2.34 bits per heavy atom. The van der Waals surface area contributed by atoms with Gasteiger partial charge in [0.2, 0.25) is 5.91 Å². The van der Waals surface area contributed by atoms with Gasteiger partial charge in [0.15, 0.2) is 0 Å². The summed E-state index contributed by atoms with van der Waals surface area (Å²) in [6.07, 6.45) is 0. The zero-order chi connectivity index (χ0) is 20.8. The third-order valence-electron chi connectivity index (χ3n) is 4.17. The van der Waals surface area contributed by atoms with E-state index in [1.165, 1.54) is 36.0 Å². The molecule has 0 heterocycles. The van der Waals surface area contributed by atoms with Crippen molar-refractivity contribution in [2.24, 2.45) is 0 Å². The molecule has 0 bridgehead atoms. The van der Waals surface area contributed by atoms with Crippen molar-refractivity contribution in [1.82, 2.24) is 0 Å². The number of halogens is 1. The fourth-order valence-corrected chi connectivity index (χ4v) is 3.60. The average molecular weight is 408 g/mol. The fourth-order valence-electron chi connectivity index (χ4n) is 2.67. The number of hydrogen-bond donors (Lipinski definition) is 2. The molecule has 148 valence electrons. The lowest BCUT2D eigenvalue weighted by Crippen LogP contribution is -2.22. The Hall–Kier alpha value is -3.12. The van der Waals surface area contributed by atoms with Gasteiger partial charge in [0.1, 0.15) is 5.82 Å². The summed E-state index contributed by atoms with van der Waals surface area (Å²) in [5, 5.41) is 5.28. The normalized spacial score (nSPS) is 11.6. The predicted molar refractivity (Wildman–Crippen MR) is 116 cm³/mol. The van der Waals surface area contributed by atoms with E-state index in [0.29, 0.717) is 16.9 Å². The Bertz CT molecular complexity index is 1020. The molecule has 0 aliphatic heterocycles. The highest BCUT2D eigenvalue weighted by Crippen LogP contribution is 2.27. The first-order chi connectivity index (χ1) is 13.9. The first kappa shape index (κ1) is 20.6. The van der Waals surface area contributed by atoms with Gasteiger partial charge < -0.3 is 10.6 Å². The number of thioether (sulfide) groups is 1. The molecule has 0 saturated heterocycles. The third-order valence-corrected chi connectivity index (χ3v) is 5.26. The van der Waals surface area contributed by atoms with Crippen molar-refractivity contribution in [1.29, 1.82) is 0 Å². The van der Waals surface area contributed by atoms with Gasteiger partial charge in [0, 0.05) is 21.8 Å². The maximum atomic E-state index is 13.0. The lowest BCUT2D eigenvalue weighted by Gasteiger charge is -2.13. The van der Waals surface area contributed by atoms with Gasteiger partial charge in [0.25, 0.3) is 5.91 Å². The summed E-state index contributed by atoms with van der Waals surface area (Å²) in [4.78, 5) is 25.7. The number of aryl methyl sites for hydroxylation is 1. The van der Waals surface area contributed by atoms with Crippen LogP contribution in [0.5, 0.6) is 0 Å². The average Bonchev–Trinajstić information content (AvgIpc) is 2.70. The minimum Gasteiger partial charge on any atom is -0.325 e. The first-order valence-corrected chi connectivity index (χ1v) is 10.00. The molecule has 0 fully saturated rings. The molecule has 3 aromatic rings. The van der Waals surface area contributed by atoms with Crippen molar-refractivity contribution >= 4 is 35.0 Å². The number of amides is 2. The number of benzene rings is 3. The summed E-state index contributed by atoms with van der Waals surface area (Å²) in [5.41, 5.74) is 2.81. The molecule has 0 radical (unpaired) electrons. The van der Waals surface area contributed by atoms with E-state index in [2.05, 4.69) is 10.6 Å². The molecule has 3 aromatic carbocycles. The lowest BCUT2D eigenvalue weighted by atomic mass is 10.1. The number of carbonyl (C=O) groups is 2. The SMILES string of the molecule is Cc1cccc(C(=O)Nc2cccc(SC(C)C(=O)Nc3ccc(F)cc3)c2)c1. The van der Waals surface area contributed by atoms with Crippen LogP contribution in [-0.4, -0.2) is 17.1 Å². The zero-order valence-electron chi connectivity index (χ0n) is 16.1. The minimum atomic E-state index is -0.372. The number of hydrogen-bond acceptors (Lipinski definition) is 3. The highest BCUT2D eigenvalue weighted by molar-refractivity contribution is 8.00. The fraction of sp³-hybridized carbons (Fsp3) is 0.130. The van der Waals surface area contributed by atoms with Gasteiger partial charge in [-0.15, -0.1) is 11.8 Å². The molecule has 1 atom stereocenters. The standard InChI is InChI=1S/C23H21FN2O2S/c1-15-5-3-6-17(13-15)23(28)26-20-7-4-8-21(14-20)29-16(2)22(27)25-19-11-9-18(24)10-12-19/h3-14,16H,1-2H3,(H,25,27)(H,26,28). The van der Waals surface area contributed by atoms with E-state index in [-0.39, 0.29) is 22.9 Å². The van der Waals surface area contributed by atoms with Crippen molar-refractivity contribution in [2.75, 3.05) is 10.6 Å². The molecular weight excluding hydrogens is 387 g/mol. The zero-order valence-corrected chi connectivity index (χ0v) is 16.9. The van der Waals surface area contributed by atoms with Gasteiger partial charge in [-0.2, -0.15) is 0 Å². The van der Waals surface area contributed by atoms with Gasteiger partial charge >= 0.3 is 0 Å². The van der Waals surface area contributed by atoms with Gasteiger partial charge in [0.05, 0.1) is 5.25 Å². The Balaban J connectivity index is 1.62.